The number of ether oxygens (including phenoxy) is 1. The topological polar surface area (TPSA) is 38.3 Å². The Balaban J connectivity index is 2.28. The van der Waals surface area contributed by atoms with Gasteiger partial charge in [-0.25, -0.2) is 13.6 Å². The Labute approximate surface area is 83.5 Å². The van der Waals surface area contributed by atoms with Crippen molar-refractivity contribution in [2.24, 2.45) is 0 Å². The third kappa shape index (κ3) is 3.60. The average Bonchev–Trinajstić information content (AvgIpc) is 2.30. The molecule has 0 aromatic rings. The maximum Gasteiger partial charge on any atom is 0.418 e. The zero-order chi connectivity index (χ0) is 9.90. The van der Waals surface area contributed by atoms with E-state index in [1.807, 2.05) is 0 Å². The largest absolute Gasteiger partial charge is 0.445 e. The highest BCUT2D eigenvalue weighted by atomic mass is 33.1. The van der Waals surface area contributed by atoms with Crippen LogP contribution in [0.25, 0.3) is 0 Å². The Morgan fingerprint density at radius 1 is 1.69 bits per heavy atom. The maximum absolute atomic E-state index is 12.6. The van der Waals surface area contributed by atoms with Crippen LogP contribution in [-0.4, -0.2) is 18.1 Å². The number of amides is 1. The van der Waals surface area contributed by atoms with E-state index in [9.17, 15) is 13.6 Å². The first-order chi connectivity index (χ1) is 6.03. The fraction of sp³-hybridized carbons (Fsp3) is 0.833. The Hall–Kier alpha value is -0.170. The second kappa shape index (κ2) is 4.36. The van der Waals surface area contributed by atoms with Gasteiger partial charge in [0.2, 0.25) is 0 Å². The van der Waals surface area contributed by atoms with Crippen LogP contribution in [0.5, 0.6) is 0 Å². The highest BCUT2D eigenvalue weighted by Crippen LogP contribution is 2.36. The Kier molecular flexibility index (Phi) is 3.66. The minimum atomic E-state index is -2.68. The normalized spacial score (nSPS) is 25.6. The van der Waals surface area contributed by atoms with E-state index in [0.717, 1.165) is 11.0 Å². The van der Waals surface area contributed by atoms with Gasteiger partial charge in [0.05, 0.1) is 0 Å². The molecule has 0 aromatic carbocycles. The monoisotopic (exact) mass is 229 g/mol. The number of hydrogen-bond donors (Lipinski definition) is 2. The summed E-state index contributed by atoms with van der Waals surface area (Å²) in [4.78, 5) is 10.8. The Morgan fingerprint density at radius 3 is 2.85 bits per heavy atom. The average molecular weight is 229 g/mol. The van der Waals surface area contributed by atoms with Gasteiger partial charge in [-0.3, -0.25) is 4.72 Å². The van der Waals surface area contributed by atoms with Gasteiger partial charge >= 0.3 is 6.09 Å². The van der Waals surface area contributed by atoms with Gasteiger partial charge < -0.3 is 4.74 Å². The molecule has 1 aliphatic rings. The van der Waals surface area contributed by atoms with Gasteiger partial charge in [0, 0.05) is 23.8 Å². The van der Waals surface area contributed by atoms with Crippen molar-refractivity contribution in [1.29, 1.82) is 0 Å². The van der Waals surface area contributed by atoms with E-state index in [-0.39, 0.29) is 19.3 Å². The van der Waals surface area contributed by atoms with Gasteiger partial charge in [0.1, 0.15) is 6.10 Å². The summed E-state index contributed by atoms with van der Waals surface area (Å²) in [5, 5.41) is 0. The van der Waals surface area contributed by atoms with Gasteiger partial charge in [0.25, 0.3) is 5.92 Å². The standard InChI is InChI=1S/C6H9F2NO2S2/c7-6(8)2-1-4(3-6)11-5(10)9-13-12/h4,12H,1-3H2,(H,9,10). The van der Waals surface area contributed by atoms with Crippen LogP contribution in [0.1, 0.15) is 19.3 Å². The number of halogens is 2. The van der Waals surface area contributed by atoms with Crippen molar-refractivity contribution in [1.82, 2.24) is 4.72 Å². The van der Waals surface area contributed by atoms with E-state index >= 15 is 0 Å². The molecule has 1 aliphatic carbocycles. The molecule has 0 spiro atoms. The zero-order valence-corrected chi connectivity index (χ0v) is 8.34. The summed E-state index contributed by atoms with van der Waals surface area (Å²) in [6.45, 7) is 0. The summed E-state index contributed by atoms with van der Waals surface area (Å²) in [7, 11) is 0.775. The molecule has 1 atom stereocenters. The van der Waals surface area contributed by atoms with Crippen LogP contribution in [0.15, 0.2) is 0 Å². The minimum absolute atomic E-state index is 0.209. The number of rotatable bonds is 2. The summed E-state index contributed by atoms with van der Waals surface area (Å²) in [6, 6.07) is 0. The highest BCUT2D eigenvalue weighted by molar-refractivity contribution is 8.67. The van der Waals surface area contributed by atoms with Gasteiger partial charge in [-0.15, -0.1) is 0 Å². The van der Waals surface area contributed by atoms with E-state index in [4.69, 9.17) is 0 Å². The molecule has 1 fully saturated rings. The quantitative estimate of drug-likeness (QED) is 0.434. The lowest BCUT2D eigenvalue weighted by molar-refractivity contribution is -0.00558. The van der Waals surface area contributed by atoms with Crippen LogP contribution in [-0.2, 0) is 4.74 Å². The molecule has 1 unspecified atom stereocenters. The lowest BCUT2D eigenvalue weighted by atomic mass is 10.3. The summed E-state index contributed by atoms with van der Waals surface area (Å²) >= 11 is 3.65. The second-order valence-electron chi connectivity index (χ2n) is 2.82. The van der Waals surface area contributed by atoms with Crippen molar-refractivity contribution < 1.29 is 18.3 Å². The third-order valence-electron chi connectivity index (χ3n) is 1.76. The molecular weight excluding hydrogens is 220 g/mol. The Bertz CT molecular complexity index is 203. The van der Waals surface area contributed by atoms with Crippen LogP contribution in [0.4, 0.5) is 13.6 Å². The minimum Gasteiger partial charge on any atom is -0.445 e. The molecule has 3 nitrogen and oxygen atoms in total. The molecule has 0 heterocycles. The molecule has 1 N–H and O–H groups in total. The molecular formula is C6H9F2NO2S2. The van der Waals surface area contributed by atoms with Crippen molar-refractivity contribution in [3.8, 4) is 0 Å². The fourth-order valence-corrected chi connectivity index (χ4v) is 1.57. The van der Waals surface area contributed by atoms with Gasteiger partial charge in [-0.1, -0.05) is 11.7 Å². The number of alkyl halides is 2. The lowest BCUT2D eigenvalue weighted by Crippen LogP contribution is -2.23. The number of carbonyl (C=O) groups excluding carboxylic acids is 1. The van der Waals surface area contributed by atoms with Crippen molar-refractivity contribution in [3.05, 3.63) is 0 Å². The predicted octanol–water partition coefficient (Wildman–Crippen LogP) is 2.39. The second-order valence-corrected chi connectivity index (χ2v) is 3.75. The molecule has 1 saturated carbocycles. The van der Waals surface area contributed by atoms with E-state index in [0.29, 0.717) is 0 Å². The molecule has 1 amide bonds. The third-order valence-corrected chi connectivity index (χ3v) is 2.29. The molecule has 0 bridgehead atoms. The summed E-state index contributed by atoms with van der Waals surface area (Å²) in [6.07, 6.45) is -1.76. The van der Waals surface area contributed by atoms with Gasteiger partial charge in [0.15, 0.2) is 0 Å². The van der Waals surface area contributed by atoms with E-state index in [1.165, 1.54) is 0 Å². The van der Waals surface area contributed by atoms with Crippen molar-refractivity contribution >= 4 is 28.7 Å². The predicted molar refractivity (Wildman–Crippen MR) is 48.8 cm³/mol. The number of nitrogens with one attached hydrogen (secondary N) is 1. The van der Waals surface area contributed by atoms with Gasteiger partial charge in [-0.2, -0.15) is 0 Å². The number of carbonyl (C=O) groups is 1. The highest BCUT2D eigenvalue weighted by Gasteiger charge is 2.41. The van der Waals surface area contributed by atoms with Crippen molar-refractivity contribution in [3.63, 3.8) is 0 Å². The van der Waals surface area contributed by atoms with Crippen molar-refractivity contribution in [2.75, 3.05) is 0 Å². The summed E-state index contributed by atoms with van der Waals surface area (Å²) < 4.78 is 32.1. The van der Waals surface area contributed by atoms with Crippen LogP contribution < -0.4 is 4.72 Å². The van der Waals surface area contributed by atoms with Gasteiger partial charge in [-0.05, 0) is 6.42 Å². The molecule has 1 rings (SSSR count). The molecule has 0 radical (unpaired) electrons. The molecule has 13 heavy (non-hydrogen) atoms. The number of hydrogen-bond acceptors (Lipinski definition) is 4. The van der Waals surface area contributed by atoms with Crippen LogP contribution in [0.2, 0.25) is 0 Å². The van der Waals surface area contributed by atoms with E-state index < -0.39 is 18.1 Å². The first kappa shape index (κ1) is 10.9. The SMILES string of the molecule is O=C(NSS)OC1CCC(F)(F)C1. The van der Waals surface area contributed by atoms with E-state index in [1.54, 1.807) is 0 Å². The summed E-state index contributed by atoms with van der Waals surface area (Å²) in [5.74, 6) is -2.68. The molecule has 0 aromatic heterocycles. The smallest absolute Gasteiger partial charge is 0.418 e. The molecule has 0 aliphatic heterocycles. The molecule has 76 valence electrons. The number of thiol groups is 1. The van der Waals surface area contributed by atoms with Crippen LogP contribution in [0.3, 0.4) is 0 Å². The molecule has 7 heteroatoms. The van der Waals surface area contributed by atoms with Crippen molar-refractivity contribution in [2.45, 2.75) is 31.3 Å². The fourth-order valence-electron chi connectivity index (χ4n) is 1.22. The Morgan fingerprint density at radius 2 is 2.38 bits per heavy atom. The lowest BCUT2D eigenvalue weighted by Gasteiger charge is -2.11. The molecule has 0 saturated heterocycles. The first-order valence-electron chi connectivity index (χ1n) is 3.68. The summed E-state index contributed by atoms with van der Waals surface area (Å²) in [5.41, 5.74) is 0. The van der Waals surface area contributed by atoms with E-state index in [2.05, 4.69) is 21.1 Å². The van der Waals surface area contributed by atoms with Crippen LogP contribution in [0, 0.1) is 0 Å². The zero-order valence-electron chi connectivity index (χ0n) is 6.63. The van der Waals surface area contributed by atoms with Crippen LogP contribution >= 0.6 is 22.6 Å². The maximum atomic E-state index is 12.6. The first-order valence-corrected chi connectivity index (χ1v) is 5.55.